The molecule has 2 aromatic rings. The normalized spacial score (nSPS) is 10.5. The van der Waals surface area contributed by atoms with Crippen LogP contribution >= 0.6 is 15.9 Å². The maximum atomic E-state index is 11.5. The minimum atomic E-state index is -0.356. The largest absolute Gasteiger partial charge is 0.465 e. The van der Waals surface area contributed by atoms with Crippen LogP contribution in [0.1, 0.15) is 22.5 Å². The molecule has 0 unspecified atom stereocenters. The summed E-state index contributed by atoms with van der Waals surface area (Å²) in [4.78, 5) is 20.4. The molecule has 0 atom stereocenters. The number of methoxy groups -OCH3 is 2. The Hall–Kier alpha value is -1.79. The highest BCUT2D eigenvalue weighted by molar-refractivity contribution is 9.10. The first-order valence-corrected chi connectivity index (χ1v) is 7.64. The molecule has 0 amide bonds. The molecule has 0 aliphatic carbocycles. The summed E-state index contributed by atoms with van der Waals surface area (Å²) in [5, 5.41) is 0. The summed E-state index contributed by atoms with van der Waals surface area (Å²) in [7, 11) is 3.04. The van der Waals surface area contributed by atoms with E-state index in [1.807, 2.05) is 12.1 Å². The van der Waals surface area contributed by atoms with E-state index >= 15 is 0 Å². The molecule has 116 valence electrons. The number of ether oxygens (including phenoxy) is 2. The second kappa shape index (κ2) is 8.00. The van der Waals surface area contributed by atoms with Gasteiger partial charge in [0.2, 0.25) is 0 Å². The average molecular weight is 365 g/mol. The Kier molecular flexibility index (Phi) is 6.03. The van der Waals surface area contributed by atoms with Gasteiger partial charge < -0.3 is 9.47 Å². The van der Waals surface area contributed by atoms with Gasteiger partial charge in [-0.3, -0.25) is 0 Å². The van der Waals surface area contributed by atoms with Crippen LogP contribution < -0.4 is 0 Å². The average Bonchev–Trinajstić information content (AvgIpc) is 2.56. The molecule has 5 nitrogen and oxygen atoms in total. The fraction of sp³-hybridized carbons (Fsp3) is 0.312. The van der Waals surface area contributed by atoms with Gasteiger partial charge >= 0.3 is 5.97 Å². The second-order valence-corrected chi connectivity index (χ2v) is 5.42. The van der Waals surface area contributed by atoms with Gasteiger partial charge in [0, 0.05) is 25.5 Å². The van der Waals surface area contributed by atoms with E-state index in [1.54, 1.807) is 25.4 Å². The Balaban J connectivity index is 2.23. The molecule has 0 saturated heterocycles. The van der Waals surface area contributed by atoms with E-state index in [1.165, 1.54) is 7.11 Å². The number of rotatable bonds is 6. The third kappa shape index (κ3) is 4.11. The molecule has 1 heterocycles. The molecule has 1 aromatic carbocycles. The molecule has 2 rings (SSSR count). The molecule has 6 heteroatoms. The van der Waals surface area contributed by atoms with Crippen molar-refractivity contribution in [1.29, 1.82) is 0 Å². The van der Waals surface area contributed by atoms with E-state index in [-0.39, 0.29) is 5.97 Å². The Morgan fingerprint density at radius 2 is 1.95 bits per heavy atom. The van der Waals surface area contributed by atoms with Crippen LogP contribution in [0.15, 0.2) is 35.1 Å². The Morgan fingerprint density at radius 3 is 2.59 bits per heavy atom. The quantitative estimate of drug-likeness (QED) is 0.581. The predicted molar refractivity (Wildman–Crippen MR) is 86.7 cm³/mol. The molecule has 0 aliphatic rings. The minimum Gasteiger partial charge on any atom is -0.465 e. The lowest BCUT2D eigenvalue weighted by atomic mass is 10.1. The van der Waals surface area contributed by atoms with Crippen molar-refractivity contribution >= 4 is 21.9 Å². The molecular formula is C16H17BrN2O3. The van der Waals surface area contributed by atoms with Crippen LogP contribution in [-0.4, -0.2) is 36.8 Å². The zero-order valence-electron chi connectivity index (χ0n) is 12.5. The zero-order chi connectivity index (χ0) is 15.9. The Morgan fingerprint density at radius 1 is 1.23 bits per heavy atom. The summed E-state index contributed by atoms with van der Waals surface area (Å²) in [6.45, 7) is 0.695. The van der Waals surface area contributed by atoms with Crippen molar-refractivity contribution in [3.8, 4) is 11.3 Å². The number of esters is 1. The first-order chi connectivity index (χ1) is 10.7. The van der Waals surface area contributed by atoms with Crippen molar-refractivity contribution in [3.05, 3.63) is 46.3 Å². The lowest BCUT2D eigenvalue weighted by Gasteiger charge is -2.07. The number of aryl methyl sites for hydroxylation is 1. The number of hydrogen-bond donors (Lipinski definition) is 0. The van der Waals surface area contributed by atoms with E-state index < -0.39 is 0 Å². The van der Waals surface area contributed by atoms with Gasteiger partial charge in [-0.2, -0.15) is 0 Å². The molecule has 0 fully saturated rings. The van der Waals surface area contributed by atoms with E-state index in [0.29, 0.717) is 16.8 Å². The van der Waals surface area contributed by atoms with E-state index in [2.05, 4.69) is 25.9 Å². The third-order valence-corrected chi connectivity index (χ3v) is 3.72. The smallest absolute Gasteiger partial charge is 0.337 e. The summed E-state index contributed by atoms with van der Waals surface area (Å²) in [6, 6.07) is 7.10. The molecule has 0 bridgehead atoms. The summed E-state index contributed by atoms with van der Waals surface area (Å²) < 4.78 is 10.4. The summed E-state index contributed by atoms with van der Waals surface area (Å²) in [5.41, 5.74) is 3.06. The number of halogens is 1. The number of benzene rings is 1. The van der Waals surface area contributed by atoms with Crippen molar-refractivity contribution in [2.24, 2.45) is 0 Å². The number of hydrogen-bond acceptors (Lipinski definition) is 5. The molecular weight excluding hydrogens is 348 g/mol. The van der Waals surface area contributed by atoms with Gasteiger partial charge in [0.05, 0.1) is 18.4 Å². The van der Waals surface area contributed by atoms with Crippen LogP contribution in [0.5, 0.6) is 0 Å². The van der Waals surface area contributed by atoms with Gasteiger partial charge in [-0.15, -0.1) is 0 Å². The van der Waals surface area contributed by atoms with Crippen LogP contribution in [0, 0.1) is 0 Å². The van der Waals surface area contributed by atoms with Gasteiger partial charge in [-0.25, -0.2) is 14.8 Å². The van der Waals surface area contributed by atoms with Crippen molar-refractivity contribution in [2.75, 3.05) is 20.8 Å². The highest BCUT2D eigenvalue weighted by Crippen LogP contribution is 2.25. The third-order valence-electron chi connectivity index (χ3n) is 3.14. The van der Waals surface area contributed by atoms with Gasteiger partial charge in [0.25, 0.3) is 0 Å². The zero-order valence-corrected chi connectivity index (χ0v) is 14.1. The standard InChI is InChI=1S/C16H17BrN2O3/c1-21-9-3-4-13-10-18-15(17)14(19-13)11-5-7-12(8-6-11)16(20)22-2/h5-8,10H,3-4,9H2,1-2H3. The van der Waals surface area contributed by atoms with Crippen molar-refractivity contribution in [3.63, 3.8) is 0 Å². The van der Waals surface area contributed by atoms with Gasteiger partial charge in [0.1, 0.15) is 10.3 Å². The molecule has 0 saturated carbocycles. The monoisotopic (exact) mass is 364 g/mol. The molecule has 0 N–H and O–H groups in total. The summed E-state index contributed by atoms with van der Waals surface area (Å²) in [6.07, 6.45) is 3.46. The number of carbonyl (C=O) groups excluding carboxylic acids is 1. The van der Waals surface area contributed by atoms with Crippen LogP contribution in [0.3, 0.4) is 0 Å². The SMILES string of the molecule is COCCCc1cnc(Br)c(-c2ccc(C(=O)OC)cc2)n1. The first-order valence-electron chi connectivity index (χ1n) is 6.85. The van der Waals surface area contributed by atoms with Gasteiger partial charge in [-0.05, 0) is 40.9 Å². The van der Waals surface area contributed by atoms with Crippen molar-refractivity contribution in [2.45, 2.75) is 12.8 Å². The van der Waals surface area contributed by atoms with E-state index in [9.17, 15) is 4.79 Å². The Labute approximate surface area is 137 Å². The maximum Gasteiger partial charge on any atom is 0.337 e. The van der Waals surface area contributed by atoms with Crippen molar-refractivity contribution in [1.82, 2.24) is 9.97 Å². The highest BCUT2D eigenvalue weighted by atomic mass is 79.9. The number of nitrogens with zero attached hydrogens (tertiary/aromatic N) is 2. The summed E-state index contributed by atoms with van der Waals surface area (Å²) >= 11 is 3.42. The topological polar surface area (TPSA) is 61.3 Å². The number of carbonyl (C=O) groups is 1. The fourth-order valence-electron chi connectivity index (χ4n) is 1.99. The van der Waals surface area contributed by atoms with Crippen molar-refractivity contribution < 1.29 is 14.3 Å². The highest BCUT2D eigenvalue weighted by Gasteiger charge is 2.10. The fourth-order valence-corrected chi connectivity index (χ4v) is 2.41. The first kappa shape index (κ1) is 16.6. The molecule has 0 aliphatic heterocycles. The second-order valence-electron chi connectivity index (χ2n) is 4.67. The van der Waals surface area contributed by atoms with E-state index in [0.717, 1.165) is 29.8 Å². The minimum absolute atomic E-state index is 0.356. The lowest BCUT2D eigenvalue weighted by Crippen LogP contribution is -2.01. The molecule has 0 radical (unpaired) electrons. The van der Waals surface area contributed by atoms with E-state index in [4.69, 9.17) is 9.47 Å². The number of aromatic nitrogens is 2. The maximum absolute atomic E-state index is 11.5. The van der Waals surface area contributed by atoms with Crippen LogP contribution in [0.2, 0.25) is 0 Å². The molecule has 22 heavy (non-hydrogen) atoms. The lowest BCUT2D eigenvalue weighted by molar-refractivity contribution is 0.0601. The van der Waals surface area contributed by atoms with Gasteiger partial charge in [0.15, 0.2) is 0 Å². The van der Waals surface area contributed by atoms with Gasteiger partial charge in [-0.1, -0.05) is 12.1 Å². The Bertz CT molecular complexity index is 644. The molecule has 1 aromatic heterocycles. The summed E-state index contributed by atoms with van der Waals surface area (Å²) in [5.74, 6) is -0.356. The van der Waals surface area contributed by atoms with Crippen LogP contribution in [0.4, 0.5) is 0 Å². The molecule has 0 spiro atoms. The predicted octanol–water partition coefficient (Wildman–Crippen LogP) is 3.27. The van der Waals surface area contributed by atoms with Crippen LogP contribution in [-0.2, 0) is 15.9 Å². The van der Waals surface area contributed by atoms with Crippen LogP contribution in [0.25, 0.3) is 11.3 Å².